The molecule has 7 nitrogen and oxygen atoms in total. The average molecular weight is 355 g/mol. The highest BCUT2D eigenvalue weighted by molar-refractivity contribution is 5.58. The molecule has 0 aromatic carbocycles. The molecule has 1 unspecified atom stereocenters. The fourth-order valence-corrected chi connectivity index (χ4v) is 3.61. The standard InChI is InChI=1S/C15H20F3N7/c1-9-10(2)13-20-21-14(15(16,17)18)25(13)22-12(9)19-7-11-8-23-3-5-24(11)6-4-23/h11H,3-8H2,1-2H3,(H,19,22). The maximum Gasteiger partial charge on any atom is 0.453 e. The number of aromatic nitrogens is 4. The van der Waals surface area contributed by atoms with Crippen molar-refractivity contribution < 1.29 is 13.2 Å². The topological polar surface area (TPSA) is 61.6 Å². The van der Waals surface area contributed by atoms with Crippen molar-refractivity contribution in [3.8, 4) is 0 Å². The van der Waals surface area contributed by atoms with Crippen LogP contribution >= 0.6 is 0 Å². The van der Waals surface area contributed by atoms with Gasteiger partial charge >= 0.3 is 6.18 Å². The first-order valence-corrected chi connectivity index (χ1v) is 8.34. The minimum absolute atomic E-state index is 0.141. The number of piperazine rings is 3. The molecule has 2 bridgehead atoms. The van der Waals surface area contributed by atoms with Crippen LogP contribution < -0.4 is 5.32 Å². The van der Waals surface area contributed by atoms with Crippen molar-refractivity contribution in [2.24, 2.45) is 0 Å². The van der Waals surface area contributed by atoms with Gasteiger partial charge in [0.15, 0.2) is 5.65 Å². The highest BCUT2D eigenvalue weighted by Gasteiger charge is 2.38. The molecule has 0 saturated carbocycles. The fourth-order valence-electron chi connectivity index (χ4n) is 3.61. The monoisotopic (exact) mass is 355 g/mol. The predicted molar refractivity (Wildman–Crippen MR) is 85.5 cm³/mol. The number of anilines is 1. The Bertz CT molecular complexity index is 792. The molecule has 2 aromatic rings. The summed E-state index contributed by atoms with van der Waals surface area (Å²) in [5, 5.41) is 14.3. The first-order valence-electron chi connectivity index (χ1n) is 8.34. The Hall–Kier alpha value is -1.94. The van der Waals surface area contributed by atoms with Crippen LogP contribution in [0.1, 0.15) is 17.0 Å². The minimum Gasteiger partial charge on any atom is -0.367 e. The second kappa shape index (κ2) is 5.80. The number of nitrogens with one attached hydrogen (secondary N) is 1. The molecule has 0 spiro atoms. The van der Waals surface area contributed by atoms with Crippen LogP contribution in [0.25, 0.3) is 5.65 Å². The summed E-state index contributed by atoms with van der Waals surface area (Å²) in [6, 6.07) is 0.350. The number of hydrogen-bond acceptors (Lipinski definition) is 6. The normalized spacial score (nSPS) is 26.4. The van der Waals surface area contributed by atoms with Gasteiger partial charge in [0.05, 0.1) is 0 Å². The zero-order valence-electron chi connectivity index (χ0n) is 14.1. The Labute approximate surface area is 142 Å². The number of aryl methyl sites for hydroxylation is 1. The number of nitrogens with zero attached hydrogens (tertiary/aromatic N) is 6. The summed E-state index contributed by atoms with van der Waals surface area (Å²) in [5.74, 6) is -0.645. The van der Waals surface area contributed by atoms with Gasteiger partial charge in [-0.15, -0.1) is 15.3 Å². The molecule has 2 aromatic heterocycles. The second-order valence-corrected chi connectivity index (χ2v) is 6.73. The molecule has 0 amide bonds. The fraction of sp³-hybridized carbons (Fsp3) is 0.667. The lowest BCUT2D eigenvalue weighted by molar-refractivity contribution is -0.146. The van der Waals surface area contributed by atoms with Crippen molar-refractivity contribution >= 4 is 11.5 Å². The van der Waals surface area contributed by atoms with E-state index in [0.717, 1.165) is 42.8 Å². The molecular formula is C15H20F3N7. The molecule has 3 aliphatic rings. The third-order valence-corrected chi connectivity index (χ3v) is 5.24. The summed E-state index contributed by atoms with van der Waals surface area (Å²) in [4.78, 5) is 4.84. The first kappa shape index (κ1) is 16.5. The van der Waals surface area contributed by atoms with Gasteiger partial charge < -0.3 is 5.32 Å². The zero-order valence-corrected chi connectivity index (χ0v) is 14.1. The summed E-state index contributed by atoms with van der Waals surface area (Å²) in [7, 11) is 0. The van der Waals surface area contributed by atoms with E-state index >= 15 is 0 Å². The minimum atomic E-state index is -4.59. The molecule has 5 rings (SSSR count). The van der Waals surface area contributed by atoms with Crippen molar-refractivity contribution in [1.82, 2.24) is 29.6 Å². The smallest absolute Gasteiger partial charge is 0.367 e. The summed E-state index contributed by atoms with van der Waals surface area (Å²) in [6.07, 6.45) is -4.59. The van der Waals surface area contributed by atoms with E-state index in [1.54, 1.807) is 6.92 Å². The molecule has 25 heavy (non-hydrogen) atoms. The molecule has 136 valence electrons. The van der Waals surface area contributed by atoms with Gasteiger partial charge in [0.25, 0.3) is 5.82 Å². The molecule has 10 heteroatoms. The van der Waals surface area contributed by atoms with Crippen molar-refractivity contribution in [2.45, 2.75) is 26.1 Å². The van der Waals surface area contributed by atoms with Crippen LogP contribution in [-0.2, 0) is 6.18 Å². The van der Waals surface area contributed by atoms with Crippen molar-refractivity contribution in [1.29, 1.82) is 0 Å². The van der Waals surface area contributed by atoms with E-state index in [2.05, 4.69) is 30.4 Å². The molecule has 3 saturated heterocycles. The highest BCUT2D eigenvalue weighted by Crippen LogP contribution is 2.29. The summed E-state index contributed by atoms with van der Waals surface area (Å²) in [6.45, 7) is 9.48. The van der Waals surface area contributed by atoms with Crippen LogP contribution in [0.2, 0.25) is 0 Å². The van der Waals surface area contributed by atoms with E-state index in [4.69, 9.17) is 0 Å². The van der Waals surface area contributed by atoms with E-state index in [-0.39, 0.29) is 5.65 Å². The molecule has 0 radical (unpaired) electrons. The number of alkyl halides is 3. The largest absolute Gasteiger partial charge is 0.453 e. The maximum atomic E-state index is 13.1. The lowest BCUT2D eigenvalue weighted by atomic mass is 10.1. The van der Waals surface area contributed by atoms with Crippen molar-refractivity contribution in [3.05, 3.63) is 17.0 Å². The first-order chi connectivity index (χ1) is 11.8. The molecule has 5 heterocycles. The second-order valence-electron chi connectivity index (χ2n) is 6.73. The Morgan fingerprint density at radius 2 is 1.80 bits per heavy atom. The van der Waals surface area contributed by atoms with Gasteiger partial charge in [-0.2, -0.15) is 17.7 Å². The van der Waals surface area contributed by atoms with Gasteiger partial charge in [-0.05, 0) is 19.4 Å². The Morgan fingerprint density at radius 1 is 1.08 bits per heavy atom. The van der Waals surface area contributed by atoms with Gasteiger partial charge in [-0.1, -0.05) is 0 Å². The maximum absolute atomic E-state index is 13.1. The van der Waals surface area contributed by atoms with E-state index < -0.39 is 12.0 Å². The number of rotatable bonds is 3. The van der Waals surface area contributed by atoms with Crippen LogP contribution in [0.5, 0.6) is 0 Å². The third kappa shape index (κ3) is 2.82. The summed E-state index contributed by atoms with van der Waals surface area (Å²) < 4.78 is 40.1. The number of fused-ring (bicyclic) bond motifs is 4. The Kier molecular flexibility index (Phi) is 3.84. The summed E-state index contributed by atoms with van der Waals surface area (Å²) in [5.41, 5.74) is 1.58. The zero-order chi connectivity index (χ0) is 17.8. The van der Waals surface area contributed by atoms with Crippen LogP contribution in [-0.4, -0.2) is 74.9 Å². The SMILES string of the molecule is Cc1c(NCC2CN3CCN2CC3)nn2c(C(F)(F)F)nnc2c1C. The van der Waals surface area contributed by atoms with E-state index in [9.17, 15) is 13.2 Å². The van der Waals surface area contributed by atoms with Crippen molar-refractivity contribution in [3.63, 3.8) is 0 Å². The lowest BCUT2D eigenvalue weighted by Gasteiger charge is -2.47. The van der Waals surface area contributed by atoms with Crippen LogP contribution in [0.3, 0.4) is 0 Å². The molecule has 3 aliphatic heterocycles. The van der Waals surface area contributed by atoms with Gasteiger partial charge in [-0.25, -0.2) is 0 Å². The quantitative estimate of drug-likeness (QED) is 0.892. The van der Waals surface area contributed by atoms with Gasteiger partial charge in [0, 0.05) is 50.9 Å². The Morgan fingerprint density at radius 3 is 2.40 bits per heavy atom. The number of hydrogen-bond donors (Lipinski definition) is 1. The average Bonchev–Trinajstić information content (AvgIpc) is 3.02. The molecule has 1 N–H and O–H groups in total. The van der Waals surface area contributed by atoms with E-state index in [0.29, 0.717) is 24.0 Å². The highest BCUT2D eigenvalue weighted by atomic mass is 19.4. The van der Waals surface area contributed by atoms with E-state index in [1.165, 1.54) is 0 Å². The molecule has 3 fully saturated rings. The van der Waals surface area contributed by atoms with Gasteiger partial charge in [-0.3, -0.25) is 9.80 Å². The van der Waals surface area contributed by atoms with Crippen molar-refractivity contribution in [2.75, 3.05) is 44.6 Å². The Balaban J connectivity index is 1.62. The van der Waals surface area contributed by atoms with Crippen LogP contribution in [0, 0.1) is 13.8 Å². The molecular weight excluding hydrogens is 335 g/mol. The predicted octanol–water partition coefficient (Wildman–Crippen LogP) is 1.17. The van der Waals surface area contributed by atoms with Crippen LogP contribution in [0.4, 0.5) is 19.0 Å². The third-order valence-electron chi connectivity index (χ3n) is 5.24. The molecule has 1 atom stereocenters. The lowest BCUT2D eigenvalue weighted by Crippen LogP contribution is -2.62. The van der Waals surface area contributed by atoms with E-state index in [1.807, 2.05) is 6.92 Å². The molecule has 0 aliphatic carbocycles. The van der Waals surface area contributed by atoms with Crippen LogP contribution in [0.15, 0.2) is 0 Å². The van der Waals surface area contributed by atoms with Gasteiger partial charge in [0.2, 0.25) is 0 Å². The van der Waals surface area contributed by atoms with Gasteiger partial charge in [0.1, 0.15) is 5.82 Å². The number of halogens is 3. The summed E-state index contributed by atoms with van der Waals surface area (Å²) >= 11 is 0.